The van der Waals surface area contributed by atoms with Crippen molar-refractivity contribution in [3.05, 3.63) is 76.5 Å². The third kappa shape index (κ3) is 4.29. The molecule has 8 nitrogen and oxygen atoms in total. The van der Waals surface area contributed by atoms with Gasteiger partial charge in [0.2, 0.25) is 0 Å². The summed E-state index contributed by atoms with van der Waals surface area (Å²) >= 11 is 0. The Kier molecular flexibility index (Phi) is 5.46. The number of nitrogens with zero attached hydrogens (tertiary/aromatic N) is 5. The van der Waals surface area contributed by atoms with Gasteiger partial charge in [0.1, 0.15) is 5.69 Å². The number of hydrogen-bond donors (Lipinski definition) is 1. The Morgan fingerprint density at radius 1 is 1.19 bits per heavy atom. The molecule has 2 aromatic heterocycles. The maximum atomic E-state index is 12.6. The molecule has 0 bridgehead atoms. The van der Waals surface area contributed by atoms with E-state index in [9.17, 15) is 9.59 Å². The minimum absolute atomic E-state index is 0.0253. The van der Waals surface area contributed by atoms with Gasteiger partial charge in [0.15, 0.2) is 0 Å². The highest BCUT2D eigenvalue weighted by atomic mass is 16.2. The third-order valence-electron chi connectivity index (χ3n) is 4.22. The van der Waals surface area contributed by atoms with Crippen LogP contribution in [0.2, 0.25) is 0 Å². The van der Waals surface area contributed by atoms with Gasteiger partial charge in [-0.2, -0.15) is 14.9 Å². The van der Waals surface area contributed by atoms with E-state index in [1.165, 1.54) is 16.8 Å². The second kappa shape index (κ2) is 7.96. The number of nitrogens with one attached hydrogen (secondary N) is 1. The van der Waals surface area contributed by atoms with E-state index in [-0.39, 0.29) is 23.2 Å². The van der Waals surface area contributed by atoms with Crippen LogP contribution >= 0.6 is 0 Å². The van der Waals surface area contributed by atoms with Crippen molar-refractivity contribution in [1.29, 1.82) is 0 Å². The minimum Gasteiger partial charge on any atom is -0.349 e. The molecule has 0 saturated heterocycles. The average molecular weight is 366 g/mol. The van der Waals surface area contributed by atoms with Gasteiger partial charge in [-0.25, -0.2) is 0 Å². The third-order valence-corrected chi connectivity index (χ3v) is 4.22. The van der Waals surface area contributed by atoms with Crippen molar-refractivity contribution in [1.82, 2.24) is 29.8 Å². The summed E-state index contributed by atoms with van der Waals surface area (Å²) in [5.41, 5.74) is 1.50. The first-order valence-corrected chi connectivity index (χ1v) is 8.54. The van der Waals surface area contributed by atoms with Crippen LogP contribution in [0, 0.1) is 0 Å². The van der Waals surface area contributed by atoms with Gasteiger partial charge < -0.3 is 10.2 Å². The molecule has 1 aromatic carbocycles. The van der Waals surface area contributed by atoms with Gasteiger partial charge in [0.05, 0.1) is 17.9 Å². The second-order valence-corrected chi connectivity index (χ2v) is 6.44. The zero-order valence-electron chi connectivity index (χ0n) is 15.5. The highest BCUT2D eigenvalue weighted by Gasteiger charge is 2.18. The number of benzene rings is 1. The zero-order valence-corrected chi connectivity index (χ0v) is 15.5. The SMILES string of the molecule is CN(C)C(CNC(=O)c1ccc(=O)n(-c2ccccc2)n1)c1cnn(C)c1. The number of aryl methyl sites for hydroxylation is 1. The lowest BCUT2D eigenvalue weighted by Crippen LogP contribution is -2.35. The molecule has 1 amide bonds. The summed E-state index contributed by atoms with van der Waals surface area (Å²) < 4.78 is 2.95. The number of aromatic nitrogens is 4. The number of carbonyl (C=O) groups is 1. The maximum absolute atomic E-state index is 12.6. The molecule has 1 atom stereocenters. The van der Waals surface area contributed by atoms with Crippen LogP contribution in [0.15, 0.2) is 59.7 Å². The summed E-state index contributed by atoms with van der Waals surface area (Å²) in [5, 5.41) is 11.3. The molecule has 1 N–H and O–H groups in total. The summed E-state index contributed by atoms with van der Waals surface area (Å²) in [6.07, 6.45) is 3.70. The monoisotopic (exact) mass is 366 g/mol. The smallest absolute Gasteiger partial charge is 0.271 e. The fraction of sp³-hybridized carbons (Fsp3) is 0.263. The number of rotatable bonds is 6. The molecule has 0 spiro atoms. The van der Waals surface area contributed by atoms with Gasteiger partial charge in [-0.1, -0.05) is 18.2 Å². The summed E-state index contributed by atoms with van der Waals surface area (Å²) in [6, 6.07) is 11.8. The Hall–Kier alpha value is -3.26. The van der Waals surface area contributed by atoms with Gasteiger partial charge >= 0.3 is 0 Å². The first-order chi connectivity index (χ1) is 13.0. The van der Waals surface area contributed by atoms with E-state index >= 15 is 0 Å². The van der Waals surface area contributed by atoms with Crippen molar-refractivity contribution < 1.29 is 4.79 Å². The molecular formula is C19H22N6O2. The largest absolute Gasteiger partial charge is 0.349 e. The van der Waals surface area contributed by atoms with E-state index < -0.39 is 0 Å². The summed E-state index contributed by atoms with van der Waals surface area (Å²) in [6.45, 7) is 0.393. The van der Waals surface area contributed by atoms with Crippen LogP contribution in [-0.2, 0) is 7.05 Å². The Labute approximate surface area is 157 Å². The lowest BCUT2D eigenvalue weighted by molar-refractivity contribution is 0.0935. The first-order valence-electron chi connectivity index (χ1n) is 8.54. The summed E-state index contributed by atoms with van der Waals surface area (Å²) in [5.74, 6) is -0.338. The van der Waals surface area contributed by atoms with E-state index in [2.05, 4.69) is 15.5 Å². The van der Waals surface area contributed by atoms with Gasteiger partial charge in [-0.3, -0.25) is 14.3 Å². The van der Waals surface area contributed by atoms with E-state index in [1.807, 2.05) is 50.4 Å². The average Bonchev–Trinajstić information content (AvgIpc) is 3.08. The maximum Gasteiger partial charge on any atom is 0.271 e. The predicted molar refractivity (Wildman–Crippen MR) is 102 cm³/mol. The minimum atomic E-state index is -0.338. The van der Waals surface area contributed by atoms with E-state index in [4.69, 9.17) is 0 Å². The molecular weight excluding hydrogens is 344 g/mol. The van der Waals surface area contributed by atoms with Gasteiger partial charge in [-0.05, 0) is 32.3 Å². The van der Waals surface area contributed by atoms with Crippen molar-refractivity contribution in [3.63, 3.8) is 0 Å². The molecule has 0 aliphatic rings. The van der Waals surface area contributed by atoms with Crippen LogP contribution < -0.4 is 10.9 Å². The number of para-hydroxylation sites is 1. The predicted octanol–water partition coefficient (Wildman–Crippen LogP) is 0.999. The molecule has 0 radical (unpaired) electrons. The number of amides is 1. The second-order valence-electron chi connectivity index (χ2n) is 6.44. The Morgan fingerprint density at radius 3 is 2.56 bits per heavy atom. The van der Waals surface area contributed by atoms with Gasteiger partial charge in [-0.15, -0.1) is 0 Å². The van der Waals surface area contributed by atoms with Gasteiger partial charge in [0, 0.05) is 31.4 Å². The molecule has 3 rings (SSSR count). The highest BCUT2D eigenvalue weighted by Crippen LogP contribution is 2.16. The number of hydrogen-bond acceptors (Lipinski definition) is 5. The summed E-state index contributed by atoms with van der Waals surface area (Å²) in [4.78, 5) is 26.7. The van der Waals surface area contributed by atoms with Crippen molar-refractivity contribution >= 4 is 5.91 Å². The molecule has 3 aromatic rings. The van der Waals surface area contributed by atoms with Crippen molar-refractivity contribution in [2.24, 2.45) is 7.05 Å². The standard InChI is InChI=1S/C19H22N6O2/c1-23(2)17(14-11-21-24(3)13-14)12-20-19(27)16-9-10-18(26)25(22-16)15-7-5-4-6-8-15/h4-11,13,17H,12H2,1-3H3,(H,20,27). The van der Waals surface area contributed by atoms with Gasteiger partial charge in [0.25, 0.3) is 11.5 Å². The molecule has 140 valence electrons. The molecule has 27 heavy (non-hydrogen) atoms. The van der Waals surface area contributed by atoms with Crippen LogP contribution in [0.1, 0.15) is 22.1 Å². The Morgan fingerprint density at radius 2 is 1.93 bits per heavy atom. The summed E-state index contributed by atoms with van der Waals surface area (Å²) in [7, 11) is 5.74. The lowest BCUT2D eigenvalue weighted by atomic mass is 10.1. The number of likely N-dealkylation sites (N-methyl/N-ethyl adjacent to an activating group) is 1. The quantitative estimate of drug-likeness (QED) is 0.703. The highest BCUT2D eigenvalue weighted by molar-refractivity contribution is 5.92. The Balaban J connectivity index is 1.77. The van der Waals surface area contributed by atoms with Crippen LogP contribution in [0.5, 0.6) is 0 Å². The van der Waals surface area contributed by atoms with Crippen molar-refractivity contribution in [2.45, 2.75) is 6.04 Å². The van der Waals surface area contributed by atoms with Crippen LogP contribution in [0.3, 0.4) is 0 Å². The molecule has 0 saturated carbocycles. The van der Waals surface area contributed by atoms with Crippen LogP contribution in [-0.4, -0.2) is 51.0 Å². The molecule has 0 fully saturated rings. The molecule has 0 aliphatic carbocycles. The Bertz CT molecular complexity index is 977. The molecule has 2 heterocycles. The van der Waals surface area contributed by atoms with Crippen LogP contribution in [0.25, 0.3) is 5.69 Å². The van der Waals surface area contributed by atoms with Crippen molar-refractivity contribution in [3.8, 4) is 5.69 Å². The van der Waals surface area contributed by atoms with E-state index in [0.717, 1.165) is 5.56 Å². The van der Waals surface area contributed by atoms with E-state index in [0.29, 0.717) is 12.2 Å². The van der Waals surface area contributed by atoms with Crippen LogP contribution in [0.4, 0.5) is 0 Å². The fourth-order valence-corrected chi connectivity index (χ4v) is 2.78. The van der Waals surface area contributed by atoms with E-state index in [1.54, 1.807) is 23.0 Å². The zero-order chi connectivity index (χ0) is 19.4. The molecule has 1 unspecified atom stereocenters. The molecule has 8 heteroatoms. The fourth-order valence-electron chi connectivity index (χ4n) is 2.78. The molecule has 0 aliphatic heterocycles. The first kappa shape index (κ1) is 18.5. The normalized spacial score (nSPS) is 12.1. The topological polar surface area (TPSA) is 85.1 Å². The lowest BCUT2D eigenvalue weighted by Gasteiger charge is -2.23. The number of carbonyl (C=O) groups excluding carboxylic acids is 1. The van der Waals surface area contributed by atoms with Crippen molar-refractivity contribution in [2.75, 3.05) is 20.6 Å².